The van der Waals surface area contributed by atoms with Gasteiger partial charge < -0.3 is 10.6 Å². The molecule has 0 saturated carbocycles. The number of carbonyl (C=O) groups is 1. The molecule has 1 aromatic carbocycles. The van der Waals surface area contributed by atoms with E-state index in [9.17, 15) is 4.79 Å². The highest BCUT2D eigenvalue weighted by atomic mass is 35.5. The quantitative estimate of drug-likeness (QED) is 0.761. The molecule has 2 aromatic rings. The van der Waals surface area contributed by atoms with Crippen LogP contribution in [-0.2, 0) is 11.2 Å². The lowest BCUT2D eigenvalue weighted by Crippen LogP contribution is -2.44. The Labute approximate surface area is 172 Å². The minimum absolute atomic E-state index is 0. The molecule has 1 unspecified atom stereocenters. The molecule has 4 nitrogen and oxygen atoms in total. The van der Waals surface area contributed by atoms with E-state index in [-0.39, 0.29) is 30.2 Å². The van der Waals surface area contributed by atoms with Gasteiger partial charge in [0.25, 0.3) is 0 Å². The van der Waals surface area contributed by atoms with Crippen LogP contribution in [0.25, 0.3) is 10.2 Å². The van der Waals surface area contributed by atoms with Gasteiger partial charge in [0.15, 0.2) is 0 Å². The number of rotatable bonds is 6. The Kier molecular flexibility index (Phi) is 8.80. The van der Waals surface area contributed by atoms with Gasteiger partial charge in [-0.15, -0.1) is 36.2 Å². The topological polar surface area (TPSA) is 59.2 Å². The maximum absolute atomic E-state index is 13.3. The average molecular weight is 418 g/mol. The van der Waals surface area contributed by atoms with Gasteiger partial charge in [0.2, 0.25) is 5.91 Å². The van der Waals surface area contributed by atoms with Crippen molar-refractivity contribution in [1.29, 1.82) is 0 Å². The van der Waals surface area contributed by atoms with Crippen LogP contribution in [0.2, 0.25) is 0 Å². The van der Waals surface area contributed by atoms with Crippen LogP contribution in [0.4, 0.5) is 0 Å². The van der Waals surface area contributed by atoms with E-state index in [0.717, 1.165) is 49.3 Å². The summed E-state index contributed by atoms with van der Waals surface area (Å²) in [5.41, 5.74) is 6.49. The number of para-hydroxylation sites is 1. The summed E-state index contributed by atoms with van der Waals surface area (Å²) < 4.78 is 1.20. The van der Waals surface area contributed by atoms with E-state index >= 15 is 0 Å². The first-order valence-electron chi connectivity index (χ1n) is 8.95. The van der Waals surface area contributed by atoms with E-state index in [1.54, 1.807) is 11.3 Å². The van der Waals surface area contributed by atoms with Gasteiger partial charge >= 0.3 is 0 Å². The molecule has 1 atom stereocenters. The Hall–Kier alpha value is -0.880. The predicted octanol–water partition coefficient (Wildman–Crippen LogP) is 4.30. The molecule has 1 aromatic heterocycles. The molecule has 1 aliphatic rings. The van der Waals surface area contributed by atoms with Crippen molar-refractivity contribution in [2.45, 2.75) is 39.5 Å². The highest BCUT2D eigenvalue weighted by Crippen LogP contribution is 2.37. The molecule has 146 valence electrons. The first-order valence-corrected chi connectivity index (χ1v) is 9.77. The fourth-order valence-electron chi connectivity index (χ4n) is 3.71. The SMILES string of the molecule is CCC(CC)(Cc1nc2ccccc2s1)C(=O)N1CCC(CN)C1.Cl.Cl. The minimum atomic E-state index is -0.336. The third kappa shape index (κ3) is 4.50. The minimum Gasteiger partial charge on any atom is -0.342 e. The fraction of sp³-hybridized carbons (Fsp3) is 0.579. The Balaban J connectivity index is 0.00000169. The number of hydrogen-bond acceptors (Lipinski definition) is 4. The van der Waals surface area contributed by atoms with Crippen molar-refractivity contribution in [3.63, 3.8) is 0 Å². The first kappa shape index (κ1) is 23.2. The molecule has 0 bridgehead atoms. The molecule has 1 saturated heterocycles. The number of halogens is 2. The van der Waals surface area contributed by atoms with Crippen molar-refractivity contribution < 1.29 is 4.79 Å². The predicted molar refractivity (Wildman–Crippen MR) is 115 cm³/mol. The molecule has 3 rings (SSSR count). The monoisotopic (exact) mass is 417 g/mol. The van der Waals surface area contributed by atoms with Gasteiger partial charge in [0, 0.05) is 19.5 Å². The summed E-state index contributed by atoms with van der Waals surface area (Å²) in [5, 5.41) is 1.07. The summed E-state index contributed by atoms with van der Waals surface area (Å²) >= 11 is 1.72. The first-order chi connectivity index (χ1) is 11.6. The second kappa shape index (κ2) is 9.88. The van der Waals surface area contributed by atoms with E-state index in [4.69, 9.17) is 10.7 Å². The number of amides is 1. The van der Waals surface area contributed by atoms with Crippen LogP contribution >= 0.6 is 36.2 Å². The van der Waals surface area contributed by atoms with E-state index in [2.05, 4.69) is 19.9 Å². The Morgan fingerprint density at radius 2 is 2.00 bits per heavy atom. The summed E-state index contributed by atoms with van der Waals surface area (Å²) in [6.07, 6.45) is 3.47. The number of hydrogen-bond donors (Lipinski definition) is 1. The van der Waals surface area contributed by atoms with Crippen LogP contribution in [-0.4, -0.2) is 35.4 Å². The lowest BCUT2D eigenvalue weighted by molar-refractivity contribution is -0.141. The smallest absolute Gasteiger partial charge is 0.229 e. The Morgan fingerprint density at radius 3 is 2.58 bits per heavy atom. The van der Waals surface area contributed by atoms with E-state index < -0.39 is 0 Å². The van der Waals surface area contributed by atoms with Gasteiger partial charge in [-0.2, -0.15) is 0 Å². The van der Waals surface area contributed by atoms with Gasteiger partial charge in [-0.3, -0.25) is 4.79 Å². The zero-order valence-corrected chi connectivity index (χ0v) is 17.9. The van der Waals surface area contributed by atoms with Crippen LogP contribution in [0.3, 0.4) is 0 Å². The zero-order valence-electron chi connectivity index (χ0n) is 15.4. The molecule has 0 aliphatic carbocycles. The molecule has 1 aliphatic heterocycles. The Bertz CT molecular complexity index is 685. The molecular weight excluding hydrogens is 389 g/mol. The lowest BCUT2D eigenvalue weighted by Gasteiger charge is -2.34. The van der Waals surface area contributed by atoms with Gasteiger partial charge in [-0.05, 0) is 43.9 Å². The third-order valence-corrected chi connectivity index (χ3v) is 6.58. The maximum atomic E-state index is 13.3. The normalized spacial score (nSPS) is 17.0. The van der Waals surface area contributed by atoms with E-state index in [1.807, 2.05) is 23.1 Å². The third-order valence-electron chi connectivity index (χ3n) is 5.54. The van der Waals surface area contributed by atoms with Crippen LogP contribution in [0, 0.1) is 11.3 Å². The van der Waals surface area contributed by atoms with Crippen LogP contribution in [0.1, 0.15) is 38.1 Å². The molecule has 26 heavy (non-hydrogen) atoms. The van der Waals surface area contributed by atoms with Crippen molar-refractivity contribution >= 4 is 52.3 Å². The molecule has 2 heterocycles. The Morgan fingerprint density at radius 1 is 1.31 bits per heavy atom. The molecule has 1 amide bonds. The molecule has 7 heteroatoms. The van der Waals surface area contributed by atoms with Crippen molar-refractivity contribution in [1.82, 2.24) is 9.88 Å². The summed E-state index contributed by atoms with van der Waals surface area (Å²) in [7, 11) is 0. The van der Waals surface area contributed by atoms with E-state index in [1.165, 1.54) is 4.70 Å². The van der Waals surface area contributed by atoms with Crippen LogP contribution in [0.15, 0.2) is 24.3 Å². The number of benzene rings is 1. The highest BCUT2D eigenvalue weighted by molar-refractivity contribution is 7.18. The van der Waals surface area contributed by atoms with Gasteiger partial charge in [0.1, 0.15) is 0 Å². The number of fused-ring (bicyclic) bond motifs is 1. The number of aromatic nitrogens is 1. The molecule has 0 spiro atoms. The lowest BCUT2D eigenvalue weighted by atomic mass is 9.78. The number of thiazole rings is 1. The summed E-state index contributed by atoms with van der Waals surface area (Å²) in [6, 6.07) is 8.20. The summed E-state index contributed by atoms with van der Waals surface area (Å²) in [4.78, 5) is 20.1. The maximum Gasteiger partial charge on any atom is 0.229 e. The fourth-order valence-corrected chi connectivity index (χ4v) is 4.82. The van der Waals surface area contributed by atoms with Gasteiger partial charge in [0.05, 0.1) is 20.6 Å². The molecule has 0 radical (unpaired) electrons. The second-order valence-corrected chi connectivity index (χ2v) is 8.00. The zero-order chi connectivity index (χ0) is 17.2. The molecular formula is C19H29Cl2N3OS. The van der Waals surface area contributed by atoms with Crippen molar-refractivity contribution in [2.75, 3.05) is 19.6 Å². The summed E-state index contributed by atoms with van der Waals surface area (Å²) in [5.74, 6) is 0.755. The van der Waals surface area contributed by atoms with E-state index in [0.29, 0.717) is 18.4 Å². The van der Waals surface area contributed by atoms with Gasteiger partial charge in [-0.1, -0.05) is 26.0 Å². The largest absolute Gasteiger partial charge is 0.342 e. The standard InChI is InChI=1S/C19H27N3OS.2ClH/c1-3-19(4-2,18(23)22-10-9-14(12-20)13-22)11-17-21-15-7-5-6-8-16(15)24-17;;/h5-8,14H,3-4,9-13,20H2,1-2H3;2*1H. The number of likely N-dealkylation sites (tertiary alicyclic amines) is 1. The molecule has 2 N–H and O–H groups in total. The number of nitrogens with zero attached hydrogens (tertiary/aromatic N) is 2. The van der Waals surface area contributed by atoms with Crippen molar-refractivity contribution in [3.05, 3.63) is 29.3 Å². The average Bonchev–Trinajstić information content (AvgIpc) is 3.25. The molecule has 1 fully saturated rings. The summed E-state index contributed by atoms with van der Waals surface area (Å²) in [6.45, 7) is 6.60. The van der Waals surface area contributed by atoms with Crippen molar-refractivity contribution in [2.24, 2.45) is 17.1 Å². The van der Waals surface area contributed by atoms with Crippen LogP contribution < -0.4 is 5.73 Å². The van der Waals surface area contributed by atoms with Gasteiger partial charge in [-0.25, -0.2) is 4.98 Å². The number of carbonyl (C=O) groups excluding carboxylic acids is 1. The van der Waals surface area contributed by atoms with Crippen LogP contribution in [0.5, 0.6) is 0 Å². The second-order valence-electron chi connectivity index (χ2n) is 6.88. The number of nitrogens with two attached hydrogens (primary N) is 1. The highest BCUT2D eigenvalue weighted by Gasteiger charge is 2.41. The van der Waals surface area contributed by atoms with Crippen molar-refractivity contribution in [3.8, 4) is 0 Å².